The van der Waals surface area contributed by atoms with E-state index in [0.29, 0.717) is 0 Å². The van der Waals surface area contributed by atoms with E-state index in [4.69, 9.17) is 16.9 Å². The second kappa shape index (κ2) is 4.76. The minimum absolute atomic E-state index is 0.140. The SMILES string of the molecule is CS(=O)(=O)N(c1ccc(Cl)cc1C#N)S(C)(=O)=O. The van der Waals surface area contributed by atoms with Crippen molar-refractivity contribution in [3.63, 3.8) is 0 Å². The van der Waals surface area contributed by atoms with E-state index in [9.17, 15) is 16.8 Å². The summed E-state index contributed by atoms with van der Waals surface area (Å²) < 4.78 is 46.3. The minimum Gasteiger partial charge on any atom is -0.206 e. The van der Waals surface area contributed by atoms with Crippen LogP contribution in [0.2, 0.25) is 5.02 Å². The molecule has 0 aromatic heterocycles. The van der Waals surface area contributed by atoms with E-state index in [1.165, 1.54) is 18.2 Å². The normalized spacial score (nSPS) is 11.9. The third-order valence-corrected chi connectivity index (χ3v) is 5.34. The molecule has 0 bridgehead atoms. The Bertz CT molecular complexity index is 687. The predicted molar refractivity (Wildman–Crippen MR) is 68.3 cm³/mol. The molecule has 0 heterocycles. The van der Waals surface area contributed by atoms with Gasteiger partial charge in [0.05, 0.1) is 23.8 Å². The predicted octanol–water partition coefficient (Wildman–Crippen LogP) is 0.937. The summed E-state index contributed by atoms with van der Waals surface area (Å²) in [4.78, 5) is 0. The number of sulfonamides is 2. The van der Waals surface area contributed by atoms with E-state index < -0.39 is 20.0 Å². The molecule has 0 saturated heterocycles. The standard InChI is InChI=1S/C9H9ClN2O4S2/c1-17(13,14)12(18(2,15)16)9-4-3-8(10)5-7(9)6-11/h3-5H,1-2H3. The molecule has 9 heteroatoms. The minimum atomic E-state index is -4.07. The van der Waals surface area contributed by atoms with Gasteiger partial charge in [-0.25, -0.2) is 16.8 Å². The molecule has 0 aliphatic rings. The first-order chi connectivity index (χ1) is 8.07. The Morgan fingerprint density at radius 1 is 1.17 bits per heavy atom. The summed E-state index contributed by atoms with van der Waals surface area (Å²) in [6, 6.07) is 5.38. The molecule has 0 spiro atoms. The van der Waals surface area contributed by atoms with Crippen molar-refractivity contribution in [2.45, 2.75) is 0 Å². The van der Waals surface area contributed by atoms with Gasteiger partial charge in [-0.05, 0) is 18.2 Å². The first-order valence-corrected chi connectivity index (χ1v) is 8.55. The second-order valence-corrected chi connectivity index (χ2v) is 7.83. The van der Waals surface area contributed by atoms with Gasteiger partial charge < -0.3 is 0 Å². The molecule has 0 fully saturated rings. The lowest BCUT2D eigenvalue weighted by Crippen LogP contribution is -2.35. The smallest absolute Gasteiger partial charge is 0.206 e. The lowest BCUT2D eigenvalue weighted by Gasteiger charge is -2.20. The van der Waals surface area contributed by atoms with Crippen molar-refractivity contribution in [1.82, 2.24) is 0 Å². The van der Waals surface area contributed by atoms with Gasteiger partial charge in [-0.2, -0.15) is 8.97 Å². The fourth-order valence-electron chi connectivity index (χ4n) is 1.36. The quantitative estimate of drug-likeness (QED) is 0.828. The highest BCUT2D eigenvalue weighted by molar-refractivity contribution is 8.09. The molecule has 1 rings (SSSR count). The van der Waals surface area contributed by atoms with Crippen LogP contribution in [0.4, 0.5) is 5.69 Å². The molecule has 0 aliphatic heterocycles. The summed E-state index contributed by atoms with van der Waals surface area (Å²) in [5.41, 5.74) is -0.384. The summed E-state index contributed by atoms with van der Waals surface area (Å²) in [7, 11) is -8.14. The number of hydrogen-bond donors (Lipinski definition) is 0. The van der Waals surface area contributed by atoms with Crippen LogP contribution in [-0.4, -0.2) is 29.3 Å². The molecule has 0 radical (unpaired) electrons. The largest absolute Gasteiger partial charge is 0.245 e. The molecular weight excluding hydrogens is 300 g/mol. The highest BCUT2D eigenvalue weighted by atomic mass is 35.5. The van der Waals surface area contributed by atoms with Gasteiger partial charge in [0.2, 0.25) is 20.0 Å². The summed E-state index contributed by atoms with van der Waals surface area (Å²) in [5.74, 6) is 0. The Morgan fingerprint density at radius 2 is 1.67 bits per heavy atom. The van der Waals surface area contributed by atoms with Gasteiger partial charge in [0.15, 0.2) is 0 Å². The zero-order valence-corrected chi connectivity index (χ0v) is 11.8. The summed E-state index contributed by atoms with van der Waals surface area (Å²) in [6.45, 7) is 0. The molecular formula is C9H9ClN2O4S2. The maximum Gasteiger partial charge on any atom is 0.245 e. The van der Waals surface area contributed by atoms with Crippen molar-refractivity contribution < 1.29 is 16.8 Å². The van der Waals surface area contributed by atoms with Crippen LogP contribution in [0.25, 0.3) is 0 Å². The highest BCUT2D eigenvalue weighted by Gasteiger charge is 2.29. The zero-order chi connectivity index (χ0) is 14.1. The number of hydrogen-bond acceptors (Lipinski definition) is 5. The molecule has 0 amide bonds. The van der Waals surface area contributed by atoms with E-state index in [0.717, 1.165) is 12.5 Å². The Morgan fingerprint density at radius 3 is 2.06 bits per heavy atom. The van der Waals surface area contributed by atoms with Gasteiger partial charge in [0, 0.05) is 5.02 Å². The van der Waals surface area contributed by atoms with Crippen molar-refractivity contribution >= 4 is 37.3 Å². The lowest BCUT2D eigenvalue weighted by molar-refractivity contribution is 0.590. The topological polar surface area (TPSA) is 95.3 Å². The van der Waals surface area contributed by atoms with E-state index in [1.807, 2.05) is 0 Å². The molecule has 18 heavy (non-hydrogen) atoms. The van der Waals surface area contributed by atoms with Crippen LogP contribution >= 0.6 is 11.6 Å². The first-order valence-electron chi connectivity index (χ1n) is 4.47. The maximum atomic E-state index is 11.5. The Labute approximate surface area is 111 Å². The van der Waals surface area contributed by atoms with E-state index in [-0.39, 0.29) is 20.0 Å². The lowest BCUT2D eigenvalue weighted by atomic mass is 10.2. The van der Waals surface area contributed by atoms with Gasteiger partial charge >= 0.3 is 0 Å². The molecule has 0 unspecified atom stereocenters. The Kier molecular flexibility index (Phi) is 3.90. The van der Waals surface area contributed by atoms with E-state index in [1.54, 1.807) is 6.07 Å². The third kappa shape index (κ3) is 3.13. The van der Waals surface area contributed by atoms with Crippen LogP contribution in [0.5, 0.6) is 0 Å². The molecule has 0 aliphatic carbocycles. The van der Waals surface area contributed by atoms with Gasteiger partial charge in [-0.1, -0.05) is 11.6 Å². The number of halogens is 1. The highest BCUT2D eigenvalue weighted by Crippen LogP contribution is 2.27. The van der Waals surface area contributed by atoms with Crippen molar-refractivity contribution in [2.24, 2.45) is 0 Å². The molecule has 1 aromatic rings. The second-order valence-electron chi connectivity index (χ2n) is 3.50. The van der Waals surface area contributed by atoms with Crippen LogP contribution in [0.3, 0.4) is 0 Å². The molecule has 6 nitrogen and oxygen atoms in total. The number of rotatable bonds is 3. The van der Waals surface area contributed by atoms with E-state index in [2.05, 4.69) is 0 Å². The number of anilines is 1. The molecule has 98 valence electrons. The van der Waals surface area contributed by atoms with Gasteiger partial charge in [-0.15, -0.1) is 0 Å². The number of nitrogens with zero attached hydrogens (tertiary/aromatic N) is 2. The van der Waals surface area contributed by atoms with Gasteiger partial charge in [0.25, 0.3) is 0 Å². The molecule has 0 saturated carbocycles. The van der Waals surface area contributed by atoms with Gasteiger partial charge in [0.1, 0.15) is 6.07 Å². The molecule has 1 aromatic carbocycles. The van der Waals surface area contributed by atoms with E-state index >= 15 is 0 Å². The van der Waals surface area contributed by atoms with Crippen LogP contribution in [0.15, 0.2) is 18.2 Å². The number of benzene rings is 1. The van der Waals surface area contributed by atoms with Crippen LogP contribution < -0.4 is 3.71 Å². The summed E-state index contributed by atoms with van der Waals surface area (Å²) >= 11 is 5.66. The molecule has 0 atom stereocenters. The van der Waals surface area contributed by atoms with Crippen LogP contribution in [0.1, 0.15) is 5.56 Å². The monoisotopic (exact) mass is 308 g/mol. The van der Waals surface area contributed by atoms with Crippen molar-refractivity contribution in [1.29, 1.82) is 5.26 Å². The third-order valence-electron chi connectivity index (χ3n) is 1.88. The van der Waals surface area contributed by atoms with Crippen molar-refractivity contribution in [3.8, 4) is 6.07 Å². The van der Waals surface area contributed by atoms with Crippen LogP contribution in [-0.2, 0) is 20.0 Å². The summed E-state index contributed by atoms with van der Waals surface area (Å²) in [6.07, 6.45) is 1.48. The maximum absolute atomic E-state index is 11.5. The Balaban J connectivity index is 3.67. The zero-order valence-electron chi connectivity index (χ0n) is 9.45. The number of nitriles is 1. The van der Waals surface area contributed by atoms with Crippen molar-refractivity contribution in [2.75, 3.05) is 16.2 Å². The van der Waals surface area contributed by atoms with Crippen LogP contribution in [0, 0.1) is 11.3 Å². The fourth-order valence-corrected chi connectivity index (χ4v) is 4.53. The Hall–Kier alpha value is -1.30. The fraction of sp³-hybridized carbons (Fsp3) is 0.222. The average Bonchev–Trinajstić information content (AvgIpc) is 2.16. The van der Waals surface area contributed by atoms with Crippen molar-refractivity contribution in [3.05, 3.63) is 28.8 Å². The molecule has 0 N–H and O–H groups in total. The summed E-state index contributed by atoms with van der Waals surface area (Å²) in [5, 5.41) is 9.10. The average molecular weight is 309 g/mol. The first kappa shape index (κ1) is 14.8. The van der Waals surface area contributed by atoms with Gasteiger partial charge in [-0.3, -0.25) is 0 Å².